The first-order valence-corrected chi connectivity index (χ1v) is 27.3. The Labute approximate surface area is 437 Å². The molecule has 9 rings (SSSR count). The molecule has 5 aliphatic carbocycles. The smallest absolute Gasteiger partial charge is 0.310 e. The Morgan fingerprint density at radius 3 is 1.88 bits per heavy atom. The van der Waals surface area contributed by atoms with Gasteiger partial charge in [0.25, 0.3) is 0 Å². The predicted octanol–water partition coefficient (Wildman–Crippen LogP) is -0.830. The first kappa shape index (κ1) is 58.1. The van der Waals surface area contributed by atoms with Gasteiger partial charge in [-0.05, 0) is 111 Å². The van der Waals surface area contributed by atoms with E-state index in [1.54, 1.807) is 0 Å². The van der Waals surface area contributed by atoms with Crippen LogP contribution in [-0.4, -0.2) is 222 Å². The lowest BCUT2D eigenvalue weighted by atomic mass is 9.33. The van der Waals surface area contributed by atoms with Crippen LogP contribution in [0.15, 0.2) is 11.6 Å². The SMILES string of the molecule is CC1OC(OC2C(OC3CCC4(C)C(CCC5(C)C4CC=C4C6CC(C)(C)CCC6(C(=O)O)CCC45C)C3(C)CO)OCC(O)C2O)C(O)C(OC2OC(CO)C(OC3OC(CO)C(O)C(O)C3O)C(O)C2O)C1O. The third-order valence-electron chi connectivity index (χ3n) is 21.2. The number of fused-ring (bicyclic) bond motifs is 7. The normalized spacial score (nSPS) is 54.9. The number of allylic oxidation sites excluding steroid dienone is 2. The maximum Gasteiger partial charge on any atom is 0.310 e. The van der Waals surface area contributed by atoms with Crippen LogP contribution in [0.25, 0.3) is 0 Å². The van der Waals surface area contributed by atoms with E-state index in [2.05, 4.69) is 40.7 Å². The third kappa shape index (κ3) is 9.40. The first-order valence-electron chi connectivity index (χ1n) is 27.3. The molecule has 13 N–H and O–H groups in total. The van der Waals surface area contributed by atoms with Gasteiger partial charge >= 0.3 is 5.97 Å². The van der Waals surface area contributed by atoms with Gasteiger partial charge in [0.1, 0.15) is 85.5 Å². The minimum atomic E-state index is -2.01. The number of aliphatic hydroxyl groups is 12. The van der Waals surface area contributed by atoms with E-state index >= 15 is 0 Å². The van der Waals surface area contributed by atoms with Crippen molar-refractivity contribution in [2.45, 2.75) is 235 Å². The number of hydrogen-bond donors (Lipinski definition) is 13. The van der Waals surface area contributed by atoms with E-state index in [0.717, 1.165) is 44.9 Å². The van der Waals surface area contributed by atoms with Crippen LogP contribution >= 0.6 is 0 Å². The molecule has 0 amide bonds. The minimum Gasteiger partial charge on any atom is -0.481 e. The first-order chi connectivity index (χ1) is 35.2. The molecule has 0 aromatic rings. The second-order valence-corrected chi connectivity index (χ2v) is 25.7. The van der Waals surface area contributed by atoms with Gasteiger partial charge in [-0.2, -0.15) is 0 Å². The summed E-state index contributed by atoms with van der Waals surface area (Å²) < 4.78 is 47.8. The van der Waals surface area contributed by atoms with Crippen molar-refractivity contribution in [2.75, 3.05) is 26.4 Å². The molecule has 8 fully saturated rings. The van der Waals surface area contributed by atoms with Crippen LogP contribution in [-0.2, 0) is 42.7 Å². The Hall–Kier alpha value is -1.59. The summed E-state index contributed by atoms with van der Waals surface area (Å²) in [6, 6.07) is 0. The number of carboxylic acid groups (broad SMARTS) is 1. The predicted molar refractivity (Wildman–Crippen MR) is 257 cm³/mol. The Bertz CT molecular complexity index is 2060. The number of rotatable bonds is 12. The Morgan fingerprint density at radius 1 is 0.613 bits per heavy atom. The maximum atomic E-state index is 13.2. The van der Waals surface area contributed by atoms with E-state index in [1.807, 2.05) is 6.92 Å². The molecule has 0 aromatic heterocycles. The summed E-state index contributed by atoms with van der Waals surface area (Å²) in [5.74, 6) is -0.514. The molecule has 75 heavy (non-hydrogen) atoms. The van der Waals surface area contributed by atoms with E-state index < -0.39 is 153 Å². The van der Waals surface area contributed by atoms with Gasteiger partial charge in [-0.1, -0.05) is 53.2 Å². The fourth-order valence-electron chi connectivity index (χ4n) is 16.3. The van der Waals surface area contributed by atoms with E-state index in [4.69, 9.17) is 37.9 Å². The number of hydrogen-bond acceptors (Lipinski definition) is 21. The molecule has 28 atom stereocenters. The summed E-state index contributed by atoms with van der Waals surface area (Å²) in [5.41, 5.74) is -0.839. The topological polar surface area (TPSA) is 354 Å². The van der Waals surface area contributed by atoms with Gasteiger partial charge in [-0.3, -0.25) is 4.79 Å². The molecule has 4 saturated heterocycles. The summed E-state index contributed by atoms with van der Waals surface area (Å²) in [6.45, 7) is 12.9. The number of carboxylic acids is 1. The lowest BCUT2D eigenvalue weighted by molar-refractivity contribution is -0.390. The second-order valence-electron chi connectivity index (χ2n) is 25.7. The largest absolute Gasteiger partial charge is 0.481 e. The molecular formula is C53H86O22. The summed E-state index contributed by atoms with van der Waals surface area (Å²) in [7, 11) is 0. The van der Waals surface area contributed by atoms with Crippen LogP contribution in [0.5, 0.6) is 0 Å². The van der Waals surface area contributed by atoms with Crippen LogP contribution in [0, 0.1) is 50.2 Å². The van der Waals surface area contributed by atoms with Gasteiger partial charge in [-0.25, -0.2) is 0 Å². The van der Waals surface area contributed by atoms with Crippen molar-refractivity contribution in [1.29, 1.82) is 0 Å². The Balaban J connectivity index is 0.899. The van der Waals surface area contributed by atoms with Crippen LogP contribution in [0.1, 0.15) is 113 Å². The second kappa shape index (κ2) is 21.1. The lowest BCUT2D eigenvalue weighted by Gasteiger charge is -2.71. The molecule has 28 unspecified atom stereocenters. The van der Waals surface area contributed by atoms with Gasteiger partial charge in [0.05, 0.1) is 44.1 Å². The summed E-state index contributed by atoms with van der Waals surface area (Å²) in [6.07, 6.45) is -22.4. The molecule has 22 nitrogen and oxygen atoms in total. The average molecular weight is 1080 g/mol. The number of aliphatic hydroxyl groups excluding tert-OH is 12. The number of carbonyl (C=O) groups is 1. The van der Waals surface area contributed by atoms with Crippen LogP contribution in [0.2, 0.25) is 0 Å². The van der Waals surface area contributed by atoms with E-state index in [9.17, 15) is 71.2 Å². The summed E-state index contributed by atoms with van der Waals surface area (Å²) in [4.78, 5) is 13.2. The molecule has 0 aromatic carbocycles. The van der Waals surface area contributed by atoms with Crippen molar-refractivity contribution in [3.63, 3.8) is 0 Å². The van der Waals surface area contributed by atoms with Crippen molar-refractivity contribution in [1.82, 2.24) is 0 Å². The minimum absolute atomic E-state index is 0.0289. The molecule has 4 aliphatic heterocycles. The van der Waals surface area contributed by atoms with E-state index in [1.165, 1.54) is 12.5 Å². The van der Waals surface area contributed by atoms with Crippen molar-refractivity contribution in [3.05, 3.63) is 11.6 Å². The molecule has 0 spiro atoms. The highest BCUT2D eigenvalue weighted by molar-refractivity contribution is 5.76. The molecule has 4 heterocycles. The zero-order valence-corrected chi connectivity index (χ0v) is 44.2. The average Bonchev–Trinajstić information content (AvgIpc) is 3.44. The summed E-state index contributed by atoms with van der Waals surface area (Å²) >= 11 is 0. The van der Waals surface area contributed by atoms with Crippen molar-refractivity contribution in [2.24, 2.45) is 50.2 Å². The van der Waals surface area contributed by atoms with Gasteiger partial charge in [-0.15, -0.1) is 0 Å². The molecule has 430 valence electrons. The van der Waals surface area contributed by atoms with Crippen LogP contribution < -0.4 is 0 Å². The van der Waals surface area contributed by atoms with E-state index in [0.29, 0.717) is 19.3 Å². The van der Waals surface area contributed by atoms with Gasteiger partial charge < -0.3 is 104 Å². The quantitative estimate of drug-likeness (QED) is 0.0838. The number of aliphatic carboxylic acids is 1. The molecular weight excluding hydrogens is 989 g/mol. The standard InChI is InChI=1S/C53H86O22/c1-23-32(58)41(74-44-38(64)36(62)40(28(20-55)71-44)73-43-37(63)35(61)34(60)27(19-54)70-43)39(65)45(69-23)75-42-33(59)26(57)21-68-46(42)72-31-11-12-49(4)29(50(31,5)22-56)10-13-52(7)30(49)9-8-24-25-18-48(2,3)14-16-53(25,47(66)67)17-15-51(24,52)6/h8,23,25-46,54-65H,9-22H2,1-7H3,(H,66,67). The fraction of sp³-hybridized carbons (Fsp3) is 0.943. The third-order valence-corrected chi connectivity index (χ3v) is 21.2. The molecule has 4 saturated carbocycles. The lowest BCUT2D eigenvalue weighted by Crippen LogP contribution is -2.67. The zero-order valence-electron chi connectivity index (χ0n) is 44.2. The highest BCUT2D eigenvalue weighted by atomic mass is 16.8. The fourth-order valence-corrected chi connectivity index (χ4v) is 16.3. The van der Waals surface area contributed by atoms with Crippen molar-refractivity contribution in [3.8, 4) is 0 Å². The maximum absolute atomic E-state index is 13.2. The molecule has 0 radical (unpaired) electrons. The highest BCUT2D eigenvalue weighted by Gasteiger charge is 2.70. The van der Waals surface area contributed by atoms with Gasteiger partial charge in [0.15, 0.2) is 25.2 Å². The van der Waals surface area contributed by atoms with Crippen molar-refractivity contribution < 1.29 is 109 Å². The highest BCUT2D eigenvalue weighted by Crippen LogP contribution is 2.76. The van der Waals surface area contributed by atoms with Gasteiger partial charge in [0.2, 0.25) is 0 Å². The summed E-state index contributed by atoms with van der Waals surface area (Å²) in [5, 5.41) is 141. The Kier molecular flexibility index (Phi) is 16.3. The zero-order chi connectivity index (χ0) is 54.7. The monoisotopic (exact) mass is 1070 g/mol. The molecule has 0 bridgehead atoms. The van der Waals surface area contributed by atoms with Gasteiger partial charge in [0, 0.05) is 5.41 Å². The Morgan fingerprint density at radius 2 is 1.23 bits per heavy atom. The van der Waals surface area contributed by atoms with Crippen LogP contribution in [0.4, 0.5) is 0 Å². The van der Waals surface area contributed by atoms with E-state index in [-0.39, 0.29) is 52.6 Å². The number of ether oxygens (including phenoxy) is 8. The molecule has 9 aliphatic rings. The van der Waals surface area contributed by atoms with Crippen molar-refractivity contribution >= 4 is 5.97 Å². The van der Waals surface area contributed by atoms with Crippen LogP contribution in [0.3, 0.4) is 0 Å². The molecule has 22 heteroatoms.